The summed E-state index contributed by atoms with van der Waals surface area (Å²) in [5.41, 5.74) is -0.0162. The fourth-order valence-electron chi connectivity index (χ4n) is 3.03. The van der Waals surface area contributed by atoms with Crippen LogP contribution in [0.5, 0.6) is 17.2 Å². The minimum absolute atomic E-state index is 0.154. The zero-order valence-corrected chi connectivity index (χ0v) is 20.3. The summed E-state index contributed by atoms with van der Waals surface area (Å²) in [5, 5.41) is 0. The number of benzene rings is 2. The lowest BCUT2D eigenvalue weighted by Crippen LogP contribution is -2.29. The van der Waals surface area contributed by atoms with Gasteiger partial charge in [0, 0.05) is 25.6 Å². The molecule has 2 rings (SSSR count). The third-order valence-electron chi connectivity index (χ3n) is 4.48. The Morgan fingerprint density at radius 2 is 1.61 bits per heavy atom. The number of rotatable bonds is 12. The van der Waals surface area contributed by atoms with Gasteiger partial charge >= 0.3 is 5.97 Å². The summed E-state index contributed by atoms with van der Waals surface area (Å²) in [7, 11) is 1.71. The van der Waals surface area contributed by atoms with Crippen molar-refractivity contribution in [1.29, 1.82) is 0 Å². The molecule has 0 spiro atoms. The van der Waals surface area contributed by atoms with Gasteiger partial charge in [-0.2, -0.15) is 0 Å². The highest BCUT2D eigenvalue weighted by atomic mass is 16.6. The summed E-state index contributed by atoms with van der Waals surface area (Å²) in [6, 6.07) is 14.6. The second kappa shape index (κ2) is 12.7. The first-order valence-corrected chi connectivity index (χ1v) is 11.2. The zero-order valence-electron chi connectivity index (χ0n) is 20.3. The van der Waals surface area contributed by atoms with Crippen molar-refractivity contribution < 1.29 is 28.5 Å². The summed E-state index contributed by atoms with van der Waals surface area (Å²) in [6.07, 6.45) is 0.787. The largest absolute Gasteiger partial charge is 0.490 e. The molecule has 0 atom stereocenters. The average Bonchev–Trinajstić information content (AvgIpc) is 2.76. The standard InChI is InChI=1S/C26H35NO6/c1-6-30-23-19-20(25(29)27(5)16-10-13-24(28)33-26(2,3)4)14-15-22(23)32-18-17-31-21-11-8-7-9-12-21/h7-9,11-12,14-15,19H,6,10,13,16-18H2,1-5H3. The Hall–Kier alpha value is -3.22. The molecular formula is C26H35NO6. The Kier molecular flexibility index (Phi) is 10.0. The molecule has 0 aliphatic carbocycles. The van der Waals surface area contributed by atoms with Gasteiger partial charge < -0.3 is 23.8 Å². The van der Waals surface area contributed by atoms with Crippen LogP contribution in [0.25, 0.3) is 0 Å². The van der Waals surface area contributed by atoms with Crippen molar-refractivity contribution in [1.82, 2.24) is 4.90 Å². The molecule has 0 bridgehead atoms. The lowest BCUT2D eigenvalue weighted by atomic mass is 10.1. The Labute approximate surface area is 196 Å². The maximum Gasteiger partial charge on any atom is 0.306 e. The molecule has 0 saturated heterocycles. The number of amides is 1. The predicted octanol–water partition coefficient (Wildman–Crippen LogP) is 4.74. The van der Waals surface area contributed by atoms with E-state index in [1.807, 2.05) is 58.0 Å². The third kappa shape index (κ3) is 9.43. The lowest BCUT2D eigenvalue weighted by Gasteiger charge is -2.21. The van der Waals surface area contributed by atoms with Crippen molar-refractivity contribution in [2.24, 2.45) is 0 Å². The summed E-state index contributed by atoms with van der Waals surface area (Å²) in [4.78, 5) is 26.3. The van der Waals surface area contributed by atoms with Gasteiger partial charge in [0.05, 0.1) is 6.61 Å². The summed E-state index contributed by atoms with van der Waals surface area (Å²) >= 11 is 0. The van der Waals surface area contributed by atoms with Crippen LogP contribution >= 0.6 is 0 Å². The third-order valence-corrected chi connectivity index (χ3v) is 4.48. The number of hydrogen-bond donors (Lipinski definition) is 0. The second-order valence-corrected chi connectivity index (χ2v) is 8.52. The van der Waals surface area contributed by atoms with Crippen LogP contribution in [0.4, 0.5) is 0 Å². The minimum Gasteiger partial charge on any atom is -0.490 e. The minimum atomic E-state index is -0.508. The molecule has 0 radical (unpaired) electrons. The number of para-hydroxylation sites is 1. The van der Waals surface area contributed by atoms with Crippen molar-refractivity contribution in [3.8, 4) is 17.2 Å². The topological polar surface area (TPSA) is 74.3 Å². The van der Waals surface area contributed by atoms with Crippen molar-refractivity contribution in [2.45, 2.75) is 46.1 Å². The Morgan fingerprint density at radius 3 is 2.27 bits per heavy atom. The smallest absolute Gasteiger partial charge is 0.306 e. The van der Waals surface area contributed by atoms with E-state index in [2.05, 4.69) is 0 Å². The van der Waals surface area contributed by atoms with Crippen molar-refractivity contribution in [2.75, 3.05) is 33.4 Å². The first-order chi connectivity index (χ1) is 15.7. The van der Waals surface area contributed by atoms with E-state index in [1.54, 1.807) is 30.1 Å². The van der Waals surface area contributed by atoms with Crippen molar-refractivity contribution in [3.05, 3.63) is 54.1 Å². The molecular weight excluding hydrogens is 422 g/mol. The zero-order chi connectivity index (χ0) is 24.3. The number of esters is 1. The van der Waals surface area contributed by atoms with Crippen LogP contribution in [0.3, 0.4) is 0 Å². The number of carbonyl (C=O) groups is 2. The van der Waals surface area contributed by atoms with Crippen LogP contribution in [-0.2, 0) is 9.53 Å². The monoisotopic (exact) mass is 457 g/mol. The first-order valence-electron chi connectivity index (χ1n) is 11.2. The maximum absolute atomic E-state index is 12.8. The van der Waals surface area contributed by atoms with Gasteiger partial charge in [-0.05, 0) is 64.4 Å². The van der Waals surface area contributed by atoms with Gasteiger partial charge in [-0.3, -0.25) is 9.59 Å². The average molecular weight is 458 g/mol. The van der Waals surface area contributed by atoms with Gasteiger partial charge in [0.15, 0.2) is 11.5 Å². The van der Waals surface area contributed by atoms with Gasteiger partial charge in [-0.1, -0.05) is 18.2 Å². The Bertz CT molecular complexity index is 891. The molecule has 0 unspecified atom stereocenters. The van der Waals surface area contributed by atoms with Gasteiger partial charge in [0.25, 0.3) is 5.91 Å². The molecule has 33 heavy (non-hydrogen) atoms. The molecule has 2 aromatic carbocycles. The van der Waals surface area contributed by atoms with E-state index < -0.39 is 5.60 Å². The highest BCUT2D eigenvalue weighted by molar-refractivity contribution is 5.94. The fourth-order valence-corrected chi connectivity index (χ4v) is 3.03. The Morgan fingerprint density at radius 1 is 0.909 bits per heavy atom. The number of hydrogen-bond acceptors (Lipinski definition) is 6. The van der Waals surface area contributed by atoms with E-state index in [4.69, 9.17) is 18.9 Å². The Balaban J connectivity index is 1.88. The molecule has 0 N–H and O–H groups in total. The van der Waals surface area contributed by atoms with Gasteiger partial charge in [-0.15, -0.1) is 0 Å². The molecule has 7 nitrogen and oxygen atoms in total. The molecule has 0 aliphatic rings. The quantitative estimate of drug-likeness (QED) is 0.339. The second-order valence-electron chi connectivity index (χ2n) is 8.52. The maximum atomic E-state index is 12.8. The van der Waals surface area contributed by atoms with Crippen molar-refractivity contribution >= 4 is 11.9 Å². The molecule has 7 heteroatoms. The predicted molar refractivity (Wildman–Crippen MR) is 127 cm³/mol. The summed E-state index contributed by atoms with van der Waals surface area (Å²) < 4.78 is 22.4. The summed E-state index contributed by atoms with van der Waals surface area (Å²) in [6.45, 7) is 8.99. The highest BCUT2D eigenvalue weighted by Gasteiger charge is 2.18. The van der Waals surface area contributed by atoms with Crippen LogP contribution in [0.1, 0.15) is 50.9 Å². The highest BCUT2D eigenvalue weighted by Crippen LogP contribution is 2.29. The van der Waals surface area contributed by atoms with Crippen LogP contribution in [0.2, 0.25) is 0 Å². The lowest BCUT2D eigenvalue weighted by molar-refractivity contribution is -0.154. The van der Waals surface area contributed by atoms with Crippen LogP contribution in [-0.4, -0.2) is 55.8 Å². The molecule has 0 aliphatic heterocycles. The van der Waals surface area contributed by atoms with Gasteiger partial charge in [0.1, 0.15) is 24.6 Å². The van der Waals surface area contributed by atoms with Gasteiger partial charge in [-0.25, -0.2) is 0 Å². The molecule has 2 aromatic rings. The van der Waals surface area contributed by atoms with E-state index in [-0.39, 0.29) is 18.3 Å². The SMILES string of the molecule is CCOc1cc(C(=O)N(C)CCCC(=O)OC(C)(C)C)ccc1OCCOc1ccccc1. The molecule has 180 valence electrons. The molecule has 0 heterocycles. The van der Waals surface area contributed by atoms with Crippen LogP contribution < -0.4 is 14.2 Å². The normalized spacial score (nSPS) is 10.9. The molecule has 0 aromatic heterocycles. The first kappa shape index (κ1) is 26.0. The number of carbonyl (C=O) groups excluding carboxylic acids is 2. The number of ether oxygens (including phenoxy) is 4. The molecule has 0 fully saturated rings. The fraction of sp³-hybridized carbons (Fsp3) is 0.462. The van der Waals surface area contributed by atoms with Crippen LogP contribution in [0.15, 0.2) is 48.5 Å². The van der Waals surface area contributed by atoms with E-state index in [9.17, 15) is 9.59 Å². The van der Waals surface area contributed by atoms with Gasteiger partial charge in [0.2, 0.25) is 0 Å². The van der Waals surface area contributed by atoms with E-state index in [1.165, 1.54) is 0 Å². The number of nitrogens with zero attached hydrogens (tertiary/aromatic N) is 1. The summed E-state index contributed by atoms with van der Waals surface area (Å²) in [5.74, 6) is 1.42. The van der Waals surface area contributed by atoms with Crippen LogP contribution in [0, 0.1) is 0 Å². The molecule has 1 amide bonds. The molecule has 0 saturated carbocycles. The van der Waals surface area contributed by atoms with Crippen molar-refractivity contribution in [3.63, 3.8) is 0 Å². The van der Waals surface area contributed by atoms with E-state index >= 15 is 0 Å². The van der Waals surface area contributed by atoms with E-state index in [0.717, 1.165) is 5.75 Å². The van der Waals surface area contributed by atoms with E-state index in [0.29, 0.717) is 49.8 Å².